The van der Waals surface area contributed by atoms with Crippen molar-refractivity contribution in [3.8, 4) is 5.75 Å². The third-order valence-electron chi connectivity index (χ3n) is 3.95. The highest BCUT2D eigenvalue weighted by molar-refractivity contribution is 5.97. The molecule has 5 N–H and O–H groups in total. The van der Waals surface area contributed by atoms with E-state index in [9.17, 15) is 9.59 Å². The van der Waals surface area contributed by atoms with Crippen molar-refractivity contribution in [1.29, 1.82) is 0 Å². The molecule has 1 heterocycles. The van der Waals surface area contributed by atoms with Gasteiger partial charge in [-0.1, -0.05) is 19.1 Å². The molecule has 1 aromatic heterocycles. The van der Waals surface area contributed by atoms with Crippen LogP contribution in [0.2, 0.25) is 0 Å². The SMILES string of the molecule is CC(=O)O.CCCC(=O)Nc1cccc(COc2ccc3[nH]c(C(N)=O)cc3c2)c1. The van der Waals surface area contributed by atoms with Crippen LogP contribution in [0, 0.1) is 0 Å². The average Bonchev–Trinajstić information content (AvgIpc) is 3.10. The molecule has 0 radical (unpaired) electrons. The number of amides is 2. The van der Waals surface area contributed by atoms with E-state index in [0.29, 0.717) is 24.5 Å². The number of carboxylic acid groups (broad SMARTS) is 1. The molecule has 0 fully saturated rings. The van der Waals surface area contributed by atoms with Crippen LogP contribution in [0.4, 0.5) is 5.69 Å². The highest BCUT2D eigenvalue weighted by Gasteiger charge is 2.07. The van der Waals surface area contributed by atoms with Gasteiger partial charge in [0.25, 0.3) is 11.9 Å². The molecular formula is C22H25N3O5. The first-order valence-corrected chi connectivity index (χ1v) is 9.42. The van der Waals surface area contributed by atoms with Crippen LogP contribution in [0.1, 0.15) is 42.7 Å². The predicted octanol–water partition coefficient (Wildman–Crippen LogP) is 3.68. The molecule has 8 heteroatoms. The van der Waals surface area contributed by atoms with E-state index < -0.39 is 11.9 Å². The van der Waals surface area contributed by atoms with Gasteiger partial charge in [-0.05, 0) is 48.4 Å². The Morgan fingerprint density at radius 2 is 1.87 bits per heavy atom. The standard InChI is InChI=1S/C20H21N3O3.C2H4O2/c1-2-4-19(24)22-15-6-3-5-13(9-15)12-26-16-7-8-17-14(10-16)11-18(23-17)20(21)25;1-2(3)4/h3,5-11,23H,2,4,12H2,1H3,(H2,21,25)(H,22,24);1H3,(H,3,4). The van der Waals surface area contributed by atoms with Gasteiger partial charge in [-0.3, -0.25) is 14.4 Å². The molecule has 0 aliphatic rings. The van der Waals surface area contributed by atoms with Crippen molar-refractivity contribution in [3.05, 3.63) is 59.8 Å². The summed E-state index contributed by atoms with van der Waals surface area (Å²) >= 11 is 0. The maximum atomic E-state index is 11.7. The van der Waals surface area contributed by atoms with Crippen molar-refractivity contribution in [1.82, 2.24) is 4.98 Å². The second-order valence-electron chi connectivity index (χ2n) is 6.60. The minimum absolute atomic E-state index is 0.00809. The van der Waals surface area contributed by atoms with Gasteiger partial charge in [0.1, 0.15) is 18.1 Å². The molecule has 0 saturated carbocycles. The summed E-state index contributed by atoms with van der Waals surface area (Å²) in [5.41, 5.74) is 8.19. The zero-order chi connectivity index (χ0) is 22.1. The largest absolute Gasteiger partial charge is 0.489 e. The Bertz CT molecular complexity index is 1040. The lowest BCUT2D eigenvalue weighted by Gasteiger charge is -2.09. The van der Waals surface area contributed by atoms with Crippen molar-refractivity contribution in [2.24, 2.45) is 5.73 Å². The lowest BCUT2D eigenvalue weighted by molar-refractivity contribution is -0.134. The first kappa shape index (κ1) is 22.5. The fraction of sp³-hybridized carbons (Fsp3) is 0.227. The number of carboxylic acids is 1. The Labute approximate surface area is 174 Å². The topological polar surface area (TPSA) is 135 Å². The van der Waals surface area contributed by atoms with Gasteiger partial charge in [0, 0.05) is 29.9 Å². The fourth-order valence-corrected chi connectivity index (χ4v) is 2.69. The molecule has 30 heavy (non-hydrogen) atoms. The van der Waals surface area contributed by atoms with Crippen LogP contribution in [0.25, 0.3) is 10.9 Å². The van der Waals surface area contributed by atoms with Crippen LogP contribution >= 0.6 is 0 Å². The number of nitrogens with one attached hydrogen (secondary N) is 2. The number of aromatic amines is 1. The molecular weight excluding hydrogens is 386 g/mol. The number of carbonyl (C=O) groups excluding carboxylic acids is 2. The Balaban J connectivity index is 0.000000735. The number of ether oxygens (including phenoxy) is 1. The van der Waals surface area contributed by atoms with Crippen LogP contribution < -0.4 is 15.8 Å². The minimum atomic E-state index is -0.833. The van der Waals surface area contributed by atoms with Gasteiger partial charge >= 0.3 is 0 Å². The van der Waals surface area contributed by atoms with Crippen LogP contribution in [0.5, 0.6) is 5.75 Å². The highest BCUT2D eigenvalue weighted by Crippen LogP contribution is 2.23. The molecule has 0 bridgehead atoms. The highest BCUT2D eigenvalue weighted by atomic mass is 16.5. The number of rotatable bonds is 7. The summed E-state index contributed by atoms with van der Waals surface area (Å²) in [7, 11) is 0. The first-order valence-electron chi connectivity index (χ1n) is 9.42. The van der Waals surface area contributed by atoms with E-state index in [-0.39, 0.29) is 5.91 Å². The van der Waals surface area contributed by atoms with Gasteiger partial charge in [0.05, 0.1) is 0 Å². The molecule has 2 aromatic carbocycles. The first-order chi connectivity index (χ1) is 14.3. The van der Waals surface area contributed by atoms with E-state index >= 15 is 0 Å². The smallest absolute Gasteiger partial charge is 0.300 e. The molecule has 3 rings (SSSR count). The Morgan fingerprint density at radius 1 is 1.13 bits per heavy atom. The maximum absolute atomic E-state index is 11.7. The second kappa shape index (κ2) is 10.7. The van der Waals surface area contributed by atoms with E-state index in [1.807, 2.05) is 49.4 Å². The van der Waals surface area contributed by atoms with Crippen molar-refractivity contribution >= 4 is 34.4 Å². The molecule has 0 saturated heterocycles. The van der Waals surface area contributed by atoms with Crippen molar-refractivity contribution < 1.29 is 24.2 Å². The number of carbonyl (C=O) groups is 3. The Kier molecular flexibility index (Phi) is 7.99. The van der Waals surface area contributed by atoms with Crippen molar-refractivity contribution in [3.63, 3.8) is 0 Å². The van der Waals surface area contributed by atoms with Gasteiger partial charge in [-0.15, -0.1) is 0 Å². The number of anilines is 1. The fourth-order valence-electron chi connectivity index (χ4n) is 2.69. The van der Waals surface area contributed by atoms with Crippen LogP contribution in [0.3, 0.4) is 0 Å². The van der Waals surface area contributed by atoms with Gasteiger partial charge < -0.3 is 25.9 Å². The summed E-state index contributed by atoms with van der Waals surface area (Å²) in [6, 6.07) is 14.8. The van der Waals surface area contributed by atoms with Crippen LogP contribution in [-0.2, 0) is 16.2 Å². The molecule has 0 unspecified atom stereocenters. The Hall–Kier alpha value is -3.81. The summed E-state index contributed by atoms with van der Waals surface area (Å²) < 4.78 is 5.83. The molecule has 0 aliphatic heterocycles. The quantitative estimate of drug-likeness (QED) is 0.470. The molecule has 0 aliphatic carbocycles. The molecule has 0 spiro atoms. The van der Waals surface area contributed by atoms with Gasteiger partial charge in [-0.2, -0.15) is 0 Å². The molecule has 8 nitrogen and oxygen atoms in total. The van der Waals surface area contributed by atoms with E-state index in [1.165, 1.54) is 0 Å². The third kappa shape index (κ3) is 6.97. The minimum Gasteiger partial charge on any atom is -0.489 e. The second-order valence-corrected chi connectivity index (χ2v) is 6.60. The number of primary amides is 1. The van der Waals surface area contributed by atoms with Crippen LogP contribution in [-0.4, -0.2) is 27.9 Å². The summed E-state index contributed by atoms with van der Waals surface area (Å²) in [5.74, 6) is -0.632. The van der Waals surface area contributed by atoms with Crippen molar-refractivity contribution in [2.75, 3.05) is 5.32 Å². The van der Waals surface area contributed by atoms with E-state index in [2.05, 4.69) is 10.3 Å². The number of benzene rings is 2. The van der Waals surface area contributed by atoms with E-state index in [4.69, 9.17) is 20.4 Å². The number of fused-ring (bicyclic) bond motifs is 1. The van der Waals surface area contributed by atoms with Gasteiger partial charge in [-0.25, -0.2) is 0 Å². The monoisotopic (exact) mass is 411 g/mol. The molecule has 3 aromatic rings. The summed E-state index contributed by atoms with van der Waals surface area (Å²) in [6.45, 7) is 3.42. The van der Waals surface area contributed by atoms with E-state index in [1.54, 1.807) is 6.07 Å². The number of hydrogen-bond donors (Lipinski definition) is 4. The normalized spacial score (nSPS) is 10.1. The Morgan fingerprint density at radius 3 is 2.53 bits per heavy atom. The lowest BCUT2D eigenvalue weighted by Crippen LogP contribution is -2.10. The number of aromatic nitrogens is 1. The van der Waals surface area contributed by atoms with Gasteiger partial charge in [0.15, 0.2) is 0 Å². The molecule has 2 amide bonds. The van der Waals surface area contributed by atoms with Crippen molar-refractivity contribution in [2.45, 2.75) is 33.3 Å². The summed E-state index contributed by atoms with van der Waals surface area (Å²) in [4.78, 5) is 34.9. The third-order valence-corrected chi connectivity index (χ3v) is 3.95. The zero-order valence-corrected chi connectivity index (χ0v) is 16.9. The maximum Gasteiger partial charge on any atom is 0.300 e. The predicted molar refractivity (Wildman–Crippen MR) is 114 cm³/mol. The number of hydrogen-bond acceptors (Lipinski definition) is 4. The average molecular weight is 411 g/mol. The summed E-state index contributed by atoms with van der Waals surface area (Å²) in [6.07, 6.45) is 1.32. The lowest BCUT2D eigenvalue weighted by atomic mass is 10.2. The zero-order valence-electron chi connectivity index (χ0n) is 16.9. The number of nitrogens with two attached hydrogens (primary N) is 1. The number of aliphatic carboxylic acids is 1. The summed E-state index contributed by atoms with van der Waals surface area (Å²) in [5, 5.41) is 11.2. The van der Waals surface area contributed by atoms with E-state index in [0.717, 1.165) is 35.5 Å². The van der Waals surface area contributed by atoms with Gasteiger partial charge in [0.2, 0.25) is 5.91 Å². The number of H-pyrrole nitrogens is 1. The molecule has 0 atom stereocenters. The molecule has 158 valence electrons. The van der Waals surface area contributed by atoms with Crippen LogP contribution in [0.15, 0.2) is 48.5 Å².